The molecule has 2 unspecified atom stereocenters. The van der Waals surface area contributed by atoms with E-state index in [0.717, 1.165) is 32.0 Å². The van der Waals surface area contributed by atoms with E-state index in [1.54, 1.807) is 0 Å². The number of rotatable bonds is 7. The summed E-state index contributed by atoms with van der Waals surface area (Å²) in [5, 5.41) is 6.41. The first-order valence-corrected chi connectivity index (χ1v) is 8.14. The molecule has 1 aliphatic rings. The van der Waals surface area contributed by atoms with Gasteiger partial charge in [0.05, 0.1) is 6.04 Å². The Labute approximate surface area is 124 Å². The summed E-state index contributed by atoms with van der Waals surface area (Å²) in [6.45, 7) is 11.5. The van der Waals surface area contributed by atoms with E-state index in [1.807, 2.05) is 14.0 Å². The van der Waals surface area contributed by atoms with Gasteiger partial charge in [-0.2, -0.15) is 0 Å². The Balaban J connectivity index is 2.31. The summed E-state index contributed by atoms with van der Waals surface area (Å²) >= 11 is 0. The largest absolute Gasteiger partial charge is 0.355 e. The molecular weight excluding hydrogens is 250 g/mol. The van der Waals surface area contributed by atoms with Gasteiger partial charge in [-0.3, -0.25) is 9.69 Å². The van der Waals surface area contributed by atoms with Crippen molar-refractivity contribution in [1.82, 2.24) is 15.5 Å². The molecule has 1 heterocycles. The summed E-state index contributed by atoms with van der Waals surface area (Å²) in [6, 6.07) is 0.584. The van der Waals surface area contributed by atoms with Crippen LogP contribution >= 0.6 is 0 Å². The van der Waals surface area contributed by atoms with Gasteiger partial charge in [0, 0.05) is 12.6 Å². The van der Waals surface area contributed by atoms with E-state index in [2.05, 4.69) is 36.3 Å². The summed E-state index contributed by atoms with van der Waals surface area (Å²) in [6.07, 6.45) is 3.43. The number of carbonyl (C=O) groups excluding carboxylic acids is 1. The van der Waals surface area contributed by atoms with E-state index in [9.17, 15) is 4.79 Å². The summed E-state index contributed by atoms with van der Waals surface area (Å²) in [5.74, 6) is 1.57. The van der Waals surface area contributed by atoms with Crippen molar-refractivity contribution in [2.75, 3.05) is 26.7 Å². The molecule has 1 saturated heterocycles. The average Bonchev–Trinajstić information content (AvgIpc) is 2.45. The molecule has 0 spiro atoms. The van der Waals surface area contributed by atoms with E-state index in [0.29, 0.717) is 12.0 Å². The first-order valence-electron chi connectivity index (χ1n) is 8.14. The molecule has 0 aromatic carbocycles. The molecule has 0 aliphatic carbocycles. The maximum absolute atomic E-state index is 12.1. The zero-order valence-electron chi connectivity index (χ0n) is 13.9. The number of hydrogen-bond acceptors (Lipinski definition) is 3. The molecule has 0 bridgehead atoms. The second-order valence-corrected chi connectivity index (χ2v) is 6.60. The average molecular weight is 283 g/mol. The van der Waals surface area contributed by atoms with Crippen molar-refractivity contribution in [3.63, 3.8) is 0 Å². The first kappa shape index (κ1) is 17.4. The summed E-state index contributed by atoms with van der Waals surface area (Å²) in [5.41, 5.74) is 0. The van der Waals surface area contributed by atoms with E-state index in [1.165, 1.54) is 12.8 Å². The van der Waals surface area contributed by atoms with Gasteiger partial charge in [-0.25, -0.2) is 0 Å². The number of carbonyl (C=O) groups is 1. The van der Waals surface area contributed by atoms with Crippen molar-refractivity contribution in [2.24, 2.45) is 11.8 Å². The molecule has 0 saturated carbocycles. The smallest absolute Gasteiger partial charge is 0.237 e. The molecule has 2 atom stereocenters. The third kappa shape index (κ3) is 5.41. The second kappa shape index (κ2) is 8.63. The molecular formula is C16H33N3O. The van der Waals surface area contributed by atoms with Gasteiger partial charge >= 0.3 is 0 Å². The number of nitrogens with one attached hydrogen (secondary N) is 2. The van der Waals surface area contributed by atoms with Crippen LogP contribution in [0, 0.1) is 11.8 Å². The maximum Gasteiger partial charge on any atom is 0.237 e. The van der Waals surface area contributed by atoms with Crippen LogP contribution in [0.4, 0.5) is 0 Å². The van der Waals surface area contributed by atoms with E-state index >= 15 is 0 Å². The van der Waals surface area contributed by atoms with Crippen LogP contribution in [0.25, 0.3) is 0 Å². The van der Waals surface area contributed by atoms with Crippen LogP contribution in [0.2, 0.25) is 0 Å². The van der Waals surface area contributed by atoms with Crippen LogP contribution in [0.15, 0.2) is 0 Å². The molecule has 1 fully saturated rings. The number of amides is 1. The molecule has 1 amide bonds. The Morgan fingerprint density at radius 1 is 1.20 bits per heavy atom. The zero-order valence-corrected chi connectivity index (χ0v) is 13.9. The Morgan fingerprint density at radius 2 is 1.80 bits per heavy atom. The van der Waals surface area contributed by atoms with Crippen LogP contribution in [-0.2, 0) is 4.79 Å². The maximum atomic E-state index is 12.1. The summed E-state index contributed by atoms with van der Waals surface area (Å²) in [4.78, 5) is 14.5. The van der Waals surface area contributed by atoms with Crippen LogP contribution in [0.3, 0.4) is 0 Å². The molecule has 2 N–H and O–H groups in total. The van der Waals surface area contributed by atoms with Gasteiger partial charge in [-0.05, 0) is 65.1 Å². The van der Waals surface area contributed by atoms with Gasteiger partial charge in [0.2, 0.25) is 5.91 Å². The van der Waals surface area contributed by atoms with Gasteiger partial charge < -0.3 is 10.6 Å². The predicted molar refractivity (Wildman–Crippen MR) is 84.7 cm³/mol. The van der Waals surface area contributed by atoms with Crippen LogP contribution < -0.4 is 10.6 Å². The van der Waals surface area contributed by atoms with Crippen molar-refractivity contribution < 1.29 is 4.79 Å². The van der Waals surface area contributed by atoms with Gasteiger partial charge in [0.15, 0.2) is 0 Å². The molecule has 0 radical (unpaired) electrons. The number of piperidine rings is 1. The fourth-order valence-corrected chi connectivity index (χ4v) is 2.84. The minimum atomic E-state index is 0.00741. The predicted octanol–water partition coefficient (Wildman–Crippen LogP) is 1.86. The minimum Gasteiger partial charge on any atom is -0.355 e. The minimum absolute atomic E-state index is 0.00741. The third-order valence-electron chi connectivity index (χ3n) is 4.68. The lowest BCUT2D eigenvalue weighted by molar-refractivity contribution is -0.126. The Kier molecular flexibility index (Phi) is 7.52. The highest BCUT2D eigenvalue weighted by Gasteiger charge is 2.28. The van der Waals surface area contributed by atoms with E-state index < -0.39 is 0 Å². The zero-order chi connectivity index (χ0) is 15.1. The lowest BCUT2D eigenvalue weighted by atomic mass is 9.90. The van der Waals surface area contributed by atoms with Crippen LogP contribution in [-0.4, -0.2) is 49.6 Å². The second-order valence-electron chi connectivity index (χ2n) is 6.60. The van der Waals surface area contributed by atoms with Gasteiger partial charge in [-0.15, -0.1) is 0 Å². The molecule has 20 heavy (non-hydrogen) atoms. The van der Waals surface area contributed by atoms with Crippen molar-refractivity contribution in [1.29, 1.82) is 0 Å². The van der Waals surface area contributed by atoms with Crippen LogP contribution in [0.5, 0.6) is 0 Å². The monoisotopic (exact) mass is 283 g/mol. The fourth-order valence-electron chi connectivity index (χ4n) is 2.84. The van der Waals surface area contributed by atoms with Crippen LogP contribution in [0.1, 0.15) is 47.0 Å². The molecule has 0 aromatic rings. The van der Waals surface area contributed by atoms with E-state index in [4.69, 9.17) is 0 Å². The molecule has 4 heteroatoms. The van der Waals surface area contributed by atoms with Crippen molar-refractivity contribution >= 4 is 5.91 Å². The topological polar surface area (TPSA) is 44.4 Å². The summed E-state index contributed by atoms with van der Waals surface area (Å²) in [7, 11) is 2.03. The highest BCUT2D eigenvalue weighted by atomic mass is 16.2. The van der Waals surface area contributed by atoms with Gasteiger partial charge in [-0.1, -0.05) is 13.8 Å². The Morgan fingerprint density at radius 3 is 2.30 bits per heavy atom. The Hall–Kier alpha value is -0.610. The number of likely N-dealkylation sites (tertiary alicyclic amines) is 1. The van der Waals surface area contributed by atoms with Crippen molar-refractivity contribution in [3.05, 3.63) is 0 Å². The number of nitrogens with zero attached hydrogens (tertiary/aromatic N) is 1. The molecule has 118 valence electrons. The molecule has 1 aliphatic heterocycles. The van der Waals surface area contributed by atoms with Gasteiger partial charge in [0.1, 0.15) is 0 Å². The van der Waals surface area contributed by atoms with Crippen molar-refractivity contribution in [3.8, 4) is 0 Å². The van der Waals surface area contributed by atoms with E-state index in [-0.39, 0.29) is 11.9 Å². The fraction of sp³-hybridized carbons (Fsp3) is 0.938. The summed E-state index contributed by atoms with van der Waals surface area (Å²) < 4.78 is 0. The molecule has 4 nitrogen and oxygen atoms in total. The highest BCUT2D eigenvalue weighted by molar-refractivity contribution is 5.81. The quantitative estimate of drug-likeness (QED) is 0.749. The molecule has 1 rings (SSSR count). The third-order valence-corrected chi connectivity index (χ3v) is 4.68. The lowest BCUT2D eigenvalue weighted by Crippen LogP contribution is -2.50. The molecule has 0 aromatic heterocycles. The highest BCUT2D eigenvalue weighted by Crippen LogP contribution is 2.21. The first-order chi connectivity index (χ1) is 9.45. The van der Waals surface area contributed by atoms with Gasteiger partial charge in [0.25, 0.3) is 0 Å². The Bertz CT molecular complexity index is 285. The SMILES string of the molecule is CNC(C)C1CCN(C(C)C(=O)NCCC(C)C)CC1. The normalized spacial score (nSPS) is 20.9. The number of hydrogen-bond donors (Lipinski definition) is 2. The van der Waals surface area contributed by atoms with Crippen molar-refractivity contribution in [2.45, 2.75) is 59.0 Å². The lowest BCUT2D eigenvalue weighted by Gasteiger charge is -2.37. The standard InChI is InChI=1S/C16H33N3O/c1-12(2)6-9-18-16(20)14(4)19-10-7-15(8-11-19)13(3)17-5/h12-15,17H,6-11H2,1-5H3,(H,18,20).